The van der Waals surface area contributed by atoms with Gasteiger partial charge in [0.25, 0.3) is 5.56 Å². The quantitative estimate of drug-likeness (QED) is 0.891. The minimum Gasteiger partial charge on any atom is -0.356 e. The molecular weight excluding hydrogens is 292 g/mol. The summed E-state index contributed by atoms with van der Waals surface area (Å²) in [6.07, 6.45) is 1.91. The first-order valence-electron chi connectivity index (χ1n) is 8.15. The standard InChI is InChI=1S/C17H22N4O2/c1-2-18-16(22)12-6-5-9-21(10-12)11-15-19-14-8-4-3-7-13(14)17(23)20-15/h3-4,7-8,12H,2,5-6,9-11H2,1H3,(H,18,22)(H,19,20,23). The zero-order valence-corrected chi connectivity index (χ0v) is 13.3. The van der Waals surface area contributed by atoms with Gasteiger partial charge in [0, 0.05) is 13.1 Å². The topological polar surface area (TPSA) is 78.1 Å². The lowest BCUT2D eigenvalue weighted by molar-refractivity contribution is -0.126. The molecule has 1 fully saturated rings. The molecule has 122 valence electrons. The number of hydrogen-bond acceptors (Lipinski definition) is 4. The molecule has 0 radical (unpaired) electrons. The number of rotatable bonds is 4. The molecule has 2 heterocycles. The third-order valence-electron chi connectivity index (χ3n) is 4.26. The number of hydrogen-bond donors (Lipinski definition) is 2. The van der Waals surface area contributed by atoms with Gasteiger partial charge in [0.1, 0.15) is 5.82 Å². The number of carbonyl (C=O) groups is 1. The van der Waals surface area contributed by atoms with Crippen molar-refractivity contribution < 1.29 is 4.79 Å². The lowest BCUT2D eigenvalue weighted by Gasteiger charge is -2.31. The number of aromatic nitrogens is 2. The Morgan fingerprint density at radius 3 is 3.09 bits per heavy atom. The van der Waals surface area contributed by atoms with Crippen LogP contribution in [-0.4, -0.2) is 40.4 Å². The molecule has 2 aromatic rings. The van der Waals surface area contributed by atoms with Gasteiger partial charge in [-0.2, -0.15) is 0 Å². The summed E-state index contributed by atoms with van der Waals surface area (Å²) < 4.78 is 0. The summed E-state index contributed by atoms with van der Waals surface area (Å²) in [5.74, 6) is 0.804. The predicted octanol–water partition coefficient (Wildman–Crippen LogP) is 1.27. The summed E-state index contributed by atoms with van der Waals surface area (Å²) in [7, 11) is 0. The van der Waals surface area contributed by atoms with Crippen LogP contribution in [0.15, 0.2) is 29.1 Å². The Morgan fingerprint density at radius 2 is 2.26 bits per heavy atom. The highest BCUT2D eigenvalue weighted by molar-refractivity contribution is 5.79. The van der Waals surface area contributed by atoms with Crippen LogP contribution in [0.5, 0.6) is 0 Å². The number of fused-ring (bicyclic) bond motifs is 1. The van der Waals surface area contributed by atoms with E-state index in [1.54, 1.807) is 6.07 Å². The molecule has 3 rings (SSSR count). The number of nitrogens with one attached hydrogen (secondary N) is 2. The number of amides is 1. The predicted molar refractivity (Wildman–Crippen MR) is 89.0 cm³/mol. The molecule has 0 bridgehead atoms. The van der Waals surface area contributed by atoms with Crippen molar-refractivity contribution in [2.45, 2.75) is 26.3 Å². The highest BCUT2D eigenvalue weighted by atomic mass is 16.2. The van der Waals surface area contributed by atoms with Gasteiger partial charge in [-0.1, -0.05) is 12.1 Å². The van der Waals surface area contributed by atoms with Gasteiger partial charge in [-0.3, -0.25) is 14.5 Å². The molecule has 2 N–H and O–H groups in total. The molecule has 0 saturated carbocycles. The molecule has 1 atom stereocenters. The average molecular weight is 314 g/mol. The highest BCUT2D eigenvalue weighted by Crippen LogP contribution is 2.18. The first-order chi connectivity index (χ1) is 11.2. The Balaban J connectivity index is 1.74. The van der Waals surface area contributed by atoms with E-state index < -0.39 is 0 Å². The molecular formula is C17H22N4O2. The van der Waals surface area contributed by atoms with Crippen LogP contribution < -0.4 is 10.9 Å². The van der Waals surface area contributed by atoms with Gasteiger partial charge in [-0.05, 0) is 38.4 Å². The lowest BCUT2D eigenvalue weighted by atomic mass is 9.97. The van der Waals surface area contributed by atoms with Crippen molar-refractivity contribution in [2.75, 3.05) is 19.6 Å². The fourth-order valence-electron chi connectivity index (χ4n) is 3.15. The van der Waals surface area contributed by atoms with Gasteiger partial charge in [-0.25, -0.2) is 4.98 Å². The largest absolute Gasteiger partial charge is 0.356 e. The van der Waals surface area contributed by atoms with Crippen molar-refractivity contribution in [3.05, 3.63) is 40.4 Å². The van der Waals surface area contributed by atoms with Crippen LogP contribution in [0.25, 0.3) is 10.9 Å². The van der Waals surface area contributed by atoms with Gasteiger partial charge >= 0.3 is 0 Å². The number of aromatic amines is 1. The van der Waals surface area contributed by atoms with Crippen LogP contribution in [0.4, 0.5) is 0 Å². The second kappa shape index (κ2) is 6.91. The molecule has 0 aliphatic carbocycles. The van der Waals surface area contributed by atoms with Crippen LogP contribution in [0.2, 0.25) is 0 Å². The summed E-state index contributed by atoms with van der Waals surface area (Å²) in [5.41, 5.74) is 0.603. The zero-order valence-electron chi connectivity index (χ0n) is 13.3. The number of H-pyrrole nitrogens is 1. The van der Waals surface area contributed by atoms with E-state index in [9.17, 15) is 9.59 Å². The van der Waals surface area contributed by atoms with Gasteiger partial charge in [0.15, 0.2) is 0 Å². The Kier molecular flexibility index (Phi) is 4.71. The maximum Gasteiger partial charge on any atom is 0.258 e. The molecule has 1 aliphatic heterocycles. The van der Waals surface area contributed by atoms with Crippen LogP contribution in [0.1, 0.15) is 25.6 Å². The monoisotopic (exact) mass is 314 g/mol. The number of benzene rings is 1. The molecule has 0 spiro atoms. The Morgan fingerprint density at radius 1 is 1.43 bits per heavy atom. The number of nitrogens with zero attached hydrogens (tertiary/aromatic N) is 2. The first kappa shape index (κ1) is 15.7. The van der Waals surface area contributed by atoms with E-state index in [0.717, 1.165) is 19.4 Å². The average Bonchev–Trinajstić information content (AvgIpc) is 2.55. The molecule has 1 aromatic heterocycles. The SMILES string of the molecule is CCNC(=O)C1CCCN(Cc2nc3ccccc3c(=O)[nH]2)C1. The molecule has 1 unspecified atom stereocenters. The van der Waals surface area contributed by atoms with Crippen LogP contribution in [0.3, 0.4) is 0 Å². The Bertz CT molecular complexity index is 756. The molecule has 23 heavy (non-hydrogen) atoms. The zero-order chi connectivity index (χ0) is 16.2. The fourth-order valence-corrected chi connectivity index (χ4v) is 3.15. The molecule has 1 amide bonds. The summed E-state index contributed by atoms with van der Waals surface area (Å²) in [5, 5.41) is 3.50. The van der Waals surface area contributed by atoms with Gasteiger partial charge < -0.3 is 10.3 Å². The molecule has 1 aliphatic rings. The maximum absolute atomic E-state index is 12.1. The van der Waals surface area contributed by atoms with Gasteiger partial charge in [-0.15, -0.1) is 0 Å². The van der Waals surface area contributed by atoms with Gasteiger partial charge in [0.05, 0.1) is 23.4 Å². The first-order valence-corrected chi connectivity index (χ1v) is 8.15. The lowest BCUT2D eigenvalue weighted by Crippen LogP contribution is -2.43. The molecule has 1 aromatic carbocycles. The van der Waals surface area contributed by atoms with Crippen molar-refractivity contribution in [2.24, 2.45) is 5.92 Å². The molecule has 6 nitrogen and oxygen atoms in total. The van der Waals surface area contributed by atoms with Crippen LogP contribution >= 0.6 is 0 Å². The van der Waals surface area contributed by atoms with E-state index in [4.69, 9.17) is 0 Å². The fraction of sp³-hybridized carbons (Fsp3) is 0.471. The molecule has 1 saturated heterocycles. The summed E-state index contributed by atoms with van der Waals surface area (Å²) in [6, 6.07) is 7.34. The van der Waals surface area contributed by atoms with Crippen LogP contribution in [-0.2, 0) is 11.3 Å². The normalized spacial score (nSPS) is 18.9. The van der Waals surface area contributed by atoms with E-state index in [-0.39, 0.29) is 17.4 Å². The van der Waals surface area contributed by atoms with E-state index in [2.05, 4.69) is 20.2 Å². The highest BCUT2D eigenvalue weighted by Gasteiger charge is 2.25. The van der Waals surface area contributed by atoms with Crippen molar-refractivity contribution in [1.82, 2.24) is 20.2 Å². The molecule has 6 heteroatoms. The van der Waals surface area contributed by atoms with Crippen molar-refractivity contribution >= 4 is 16.8 Å². The van der Waals surface area contributed by atoms with Crippen molar-refractivity contribution in [1.29, 1.82) is 0 Å². The number of piperidine rings is 1. The van der Waals surface area contributed by atoms with Crippen molar-refractivity contribution in [3.8, 4) is 0 Å². The van der Waals surface area contributed by atoms with E-state index in [0.29, 0.717) is 36.4 Å². The Labute approximate surface area is 134 Å². The summed E-state index contributed by atoms with van der Waals surface area (Å²) in [4.78, 5) is 33.7. The third kappa shape index (κ3) is 3.59. The van der Waals surface area contributed by atoms with E-state index in [1.807, 2.05) is 25.1 Å². The summed E-state index contributed by atoms with van der Waals surface area (Å²) in [6.45, 7) is 4.79. The third-order valence-corrected chi connectivity index (χ3v) is 4.26. The summed E-state index contributed by atoms with van der Waals surface area (Å²) >= 11 is 0. The van der Waals surface area contributed by atoms with E-state index in [1.165, 1.54) is 0 Å². The minimum absolute atomic E-state index is 0.0240. The smallest absolute Gasteiger partial charge is 0.258 e. The Hall–Kier alpha value is -2.21. The van der Waals surface area contributed by atoms with E-state index >= 15 is 0 Å². The second-order valence-corrected chi connectivity index (χ2v) is 6.00. The number of para-hydroxylation sites is 1. The maximum atomic E-state index is 12.1. The van der Waals surface area contributed by atoms with Gasteiger partial charge in [0.2, 0.25) is 5.91 Å². The minimum atomic E-state index is -0.108. The second-order valence-electron chi connectivity index (χ2n) is 6.00. The van der Waals surface area contributed by atoms with Crippen LogP contribution in [0, 0.1) is 5.92 Å². The number of carbonyl (C=O) groups excluding carboxylic acids is 1. The number of likely N-dealkylation sites (tertiary alicyclic amines) is 1. The van der Waals surface area contributed by atoms with Crippen molar-refractivity contribution in [3.63, 3.8) is 0 Å².